The van der Waals surface area contributed by atoms with Gasteiger partial charge in [0.1, 0.15) is 0 Å². The molecule has 0 aromatic rings. The average molecular weight is 437 g/mol. The van der Waals surface area contributed by atoms with Gasteiger partial charge in [-0.15, -0.1) is 0 Å². The van der Waals surface area contributed by atoms with E-state index in [0.29, 0.717) is 54.5 Å². The molecule has 0 heterocycles. The molecule has 0 saturated heterocycles. The van der Waals surface area contributed by atoms with E-state index in [1.54, 1.807) is 0 Å². The summed E-state index contributed by atoms with van der Waals surface area (Å²) in [6.45, 7) is 9.76. The zero-order valence-electron chi connectivity index (χ0n) is 20.3. The first-order valence-electron chi connectivity index (χ1n) is 13.3. The third-order valence-corrected chi connectivity index (χ3v) is 11.2. The molecule has 4 rings (SSSR count). The van der Waals surface area contributed by atoms with Crippen LogP contribution in [0.15, 0.2) is 0 Å². The molecule has 0 unspecified atom stereocenters. The number of hydrogen-bond acceptors (Lipinski definition) is 4. The molecule has 31 heavy (non-hydrogen) atoms. The lowest BCUT2D eigenvalue weighted by Gasteiger charge is -2.63. The summed E-state index contributed by atoms with van der Waals surface area (Å²) in [4.78, 5) is 0. The number of rotatable bonds is 6. The first kappa shape index (κ1) is 24.0. The molecule has 0 amide bonds. The van der Waals surface area contributed by atoms with Crippen molar-refractivity contribution in [3.63, 3.8) is 0 Å². The molecular weight excluding hydrogens is 388 g/mol. The minimum atomic E-state index is -0.680. The molecule has 4 aliphatic rings. The summed E-state index contributed by atoms with van der Waals surface area (Å²) < 4.78 is 0. The van der Waals surface area contributed by atoms with Crippen LogP contribution in [-0.2, 0) is 0 Å². The Bertz CT molecular complexity index is 624. The van der Waals surface area contributed by atoms with Crippen LogP contribution in [0.2, 0.25) is 0 Å². The van der Waals surface area contributed by atoms with E-state index in [-0.39, 0.29) is 17.4 Å². The van der Waals surface area contributed by atoms with Gasteiger partial charge in [-0.1, -0.05) is 40.5 Å². The summed E-state index contributed by atoms with van der Waals surface area (Å²) in [7, 11) is 0. The zero-order chi connectivity index (χ0) is 22.6. The van der Waals surface area contributed by atoms with E-state index < -0.39 is 12.2 Å². The lowest BCUT2D eigenvalue weighted by atomic mass is 9.43. The van der Waals surface area contributed by atoms with Crippen LogP contribution < -0.4 is 0 Å². The van der Waals surface area contributed by atoms with Gasteiger partial charge >= 0.3 is 0 Å². The van der Waals surface area contributed by atoms with Crippen LogP contribution in [-0.4, -0.2) is 45.3 Å². The molecule has 4 heteroatoms. The Morgan fingerprint density at radius 1 is 0.806 bits per heavy atom. The van der Waals surface area contributed by atoms with Crippen molar-refractivity contribution in [2.75, 3.05) is 6.61 Å². The summed E-state index contributed by atoms with van der Waals surface area (Å²) in [5.74, 6) is 3.29. The molecule has 0 aliphatic heterocycles. The molecule has 0 aromatic heterocycles. The number of aliphatic hydroxyl groups excluding tert-OH is 4. The maximum atomic E-state index is 11.4. The number of fused-ring (bicyclic) bond motifs is 5. The van der Waals surface area contributed by atoms with Gasteiger partial charge in [-0.05, 0) is 104 Å². The van der Waals surface area contributed by atoms with Gasteiger partial charge in [-0.3, -0.25) is 0 Å². The summed E-state index contributed by atoms with van der Waals surface area (Å²) >= 11 is 0. The molecule has 4 nitrogen and oxygen atoms in total. The SMILES string of the molecule is C[C@H](CO)CCC[C@@H](C)[C@H]1CC[C@H]2[C@@H]3[C@H](O)C[C@H]4[C@@H](O)[C@H](O)CC[C@]4(C)[C@H]3CC[C@]12C. The van der Waals surface area contributed by atoms with Crippen LogP contribution in [0, 0.1) is 52.3 Å². The number of aliphatic hydroxyl groups is 4. The largest absolute Gasteiger partial charge is 0.396 e. The first-order valence-corrected chi connectivity index (χ1v) is 13.3. The highest BCUT2D eigenvalue weighted by Gasteiger charge is 2.64. The lowest BCUT2D eigenvalue weighted by Crippen LogP contribution is -2.62. The van der Waals surface area contributed by atoms with Gasteiger partial charge in [0.05, 0.1) is 18.3 Å². The third kappa shape index (κ3) is 3.92. The van der Waals surface area contributed by atoms with Crippen LogP contribution in [0.25, 0.3) is 0 Å². The van der Waals surface area contributed by atoms with E-state index >= 15 is 0 Å². The van der Waals surface area contributed by atoms with Gasteiger partial charge in [0.15, 0.2) is 0 Å². The fraction of sp³-hybridized carbons (Fsp3) is 1.00. The summed E-state index contributed by atoms with van der Waals surface area (Å²) in [6, 6.07) is 0. The van der Waals surface area contributed by atoms with Crippen LogP contribution in [0.4, 0.5) is 0 Å². The molecule has 4 aliphatic carbocycles. The minimum Gasteiger partial charge on any atom is -0.396 e. The van der Waals surface area contributed by atoms with Crippen molar-refractivity contribution < 1.29 is 20.4 Å². The fourth-order valence-corrected chi connectivity index (χ4v) is 9.32. The van der Waals surface area contributed by atoms with Crippen LogP contribution in [0.3, 0.4) is 0 Å². The minimum absolute atomic E-state index is 0.0292. The van der Waals surface area contributed by atoms with Gasteiger partial charge in [0.25, 0.3) is 0 Å². The monoisotopic (exact) mass is 436 g/mol. The van der Waals surface area contributed by atoms with Crippen molar-refractivity contribution in [1.82, 2.24) is 0 Å². The van der Waals surface area contributed by atoms with E-state index in [9.17, 15) is 20.4 Å². The van der Waals surface area contributed by atoms with Crippen molar-refractivity contribution in [2.24, 2.45) is 52.3 Å². The summed E-state index contributed by atoms with van der Waals surface area (Å²) in [5, 5.41) is 41.7. The Morgan fingerprint density at radius 2 is 1.48 bits per heavy atom. The molecular formula is C27H48O4. The molecule has 4 fully saturated rings. The highest BCUT2D eigenvalue weighted by atomic mass is 16.3. The van der Waals surface area contributed by atoms with E-state index in [1.165, 1.54) is 32.1 Å². The third-order valence-electron chi connectivity index (χ3n) is 11.2. The zero-order valence-corrected chi connectivity index (χ0v) is 20.3. The van der Waals surface area contributed by atoms with Gasteiger partial charge in [-0.25, -0.2) is 0 Å². The van der Waals surface area contributed by atoms with Crippen molar-refractivity contribution in [1.29, 1.82) is 0 Å². The molecule has 0 spiro atoms. The Kier molecular flexibility index (Phi) is 6.88. The fourth-order valence-electron chi connectivity index (χ4n) is 9.32. The molecule has 0 bridgehead atoms. The van der Waals surface area contributed by atoms with Gasteiger partial charge in [-0.2, -0.15) is 0 Å². The highest BCUT2D eigenvalue weighted by Crippen LogP contribution is 2.68. The maximum Gasteiger partial charge on any atom is 0.0833 e. The average Bonchev–Trinajstić information content (AvgIpc) is 3.09. The smallest absolute Gasteiger partial charge is 0.0833 e. The topological polar surface area (TPSA) is 80.9 Å². The van der Waals surface area contributed by atoms with Crippen LogP contribution in [0.1, 0.15) is 91.9 Å². The quantitative estimate of drug-likeness (QED) is 0.498. The highest BCUT2D eigenvalue weighted by molar-refractivity contribution is 5.13. The van der Waals surface area contributed by atoms with Crippen molar-refractivity contribution >= 4 is 0 Å². The van der Waals surface area contributed by atoms with Gasteiger partial charge in [0, 0.05) is 6.61 Å². The lowest BCUT2D eigenvalue weighted by molar-refractivity contribution is -0.206. The van der Waals surface area contributed by atoms with Gasteiger partial charge in [0.2, 0.25) is 0 Å². The normalized spacial score (nSPS) is 51.5. The molecule has 0 radical (unpaired) electrons. The standard InChI is InChI=1S/C27H48O4/c1-16(15-28)6-5-7-17(2)18-8-9-19-24-20(10-12-26(18,19)3)27(4)13-11-22(29)25(31)21(27)14-23(24)30/h16-25,28-31H,5-15H2,1-4H3/t16-,17+,18+,19-,20-,21-,22+,23+,24-,25+,26+,27+/m0/s1. The van der Waals surface area contributed by atoms with E-state index in [1.807, 2.05) is 0 Å². The van der Waals surface area contributed by atoms with Crippen LogP contribution in [0.5, 0.6) is 0 Å². The molecule has 4 N–H and O–H groups in total. The predicted octanol–water partition coefficient (Wildman–Crippen LogP) is 4.38. The first-order chi connectivity index (χ1) is 14.6. The molecule has 180 valence electrons. The Balaban J connectivity index is 1.49. The van der Waals surface area contributed by atoms with E-state index in [4.69, 9.17) is 0 Å². The second-order valence-electron chi connectivity index (χ2n) is 12.7. The number of hydrogen-bond donors (Lipinski definition) is 4. The Labute approximate surface area is 189 Å². The summed E-state index contributed by atoms with van der Waals surface area (Å²) in [6.07, 6.45) is 9.19. The maximum absolute atomic E-state index is 11.4. The molecule has 4 saturated carbocycles. The van der Waals surface area contributed by atoms with Crippen molar-refractivity contribution in [3.8, 4) is 0 Å². The molecule has 12 atom stereocenters. The Hall–Kier alpha value is -0.160. The van der Waals surface area contributed by atoms with E-state index in [2.05, 4.69) is 27.7 Å². The van der Waals surface area contributed by atoms with Crippen molar-refractivity contribution in [2.45, 2.75) is 110 Å². The van der Waals surface area contributed by atoms with E-state index in [0.717, 1.165) is 25.2 Å². The Morgan fingerprint density at radius 3 is 2.19 bits per heavy atom. The predicted molar refractivity (Wildman–Crippen MR) is 123 cm³/mol. The second-order valence-corrected chi connectivity index (χ2v) is 12.7. The van der Waals surface area contributed by atoms with Crippen molar-refractivity contribution in [3.05, 3.63) is 0 Å². The van der Waals surface area contributed by atoms with Crippen LogP contribution >= 0.6 is 0 Å². The second kappa shape index (κ2) is 8.89. The molecule has 0 aromatic carbocycles. The summed E-state index contributed by atoms with van der Waals surface area (Å²) in [5.41, 5.74) is 0.369. The van der Waals surface area contributed by atoms with Gasteiger partial charge < -0.3 is 20.4 Å².